The van der Waals surface area contributed by atoms with Crippen molar-refractivity contribution in [1.29, 1.82) is 0 Å². The summed E-state index contributed by atoms with van der Waals surface area (Å²) in [7, 11) is 5.52. The summed E-state index contributed by atoms with van der Waals surface area (Å²) in [5.74, 6) is 0.920. The van der Waals surface area contributed by atoms with Gasteiger partial charge in [-0.25, -0.2) is 9.79 Å². The zero-order valence-electron chi connectivity index (χ0n) is 21.6. The van der Waals surface area contributed by atoms with Crippen molar-refractivity contribution in [2.24, 2.45) is 10.9 Å². The van der Waals surface area contributed by atoms with Crippen LogP contribution in [0.3, 0.4) is 0 Å². The van der Waals surface area contributed by atoms with Crippen LogP contribution in [0.2, 0.25) is 5.02 Å². The fourth-order valence-electron chi connectivity index (χ4n) is 6.04. The SMILES string of the molecule is COC(=O)C1(CC2CCCCC2)N=C(C(C)c2ccccc2)N(c2ccccc2Cl)C1(C)N(C)C. The number of methoxy groups -OCH3 is 1. The highest BCUT2D eigenvalue weighted by Crippen LogP contribution is 2.51. The molecule has 2 aromatic rings. The molecule has 3 unspecified atom stereocenters. The number of ether oxygens (including phenoxy) is 1. The van der Waals surface area contributed by atoms with Gasteiger partial charge in [0.15, 0.2) is 5.54 Å². The van der Waals surface area contributed by atoms with E-state index in [-0.39, 0.29) is 11.9 Å². The molecule has 2 aromatic carbocycles. The molecule has 0 saturated heterocycles. The van der Waals surface area contributed by atoms with Crippen LogP contribution in [0.15, 0.2) is 59.6 Å². The first-order valence-electron chi connectivity index (χ1n) is 12.7. The first-order valence-corrected chi connectivity index (χ1v) is 13.1. The van der Waals surface area contributed by atoms with Crippen molar-refractivity contribution in [3.05, 3.63) is 65.2 Å². The molecule has 0 N–H and O–H groups in total. The molecule has 6 heteroatoms. The molecule has 0 amide bonds. The second-order valence-electron chi connectivity index (χ2n) is 10.4. The van der Waals surface area contributed by atoms with E-state index in [1.54, 1.807) is 0 Å². The molecular formula is C29H38ClN3O2. The molecule has 1 aliphatic carbocycles. The Labute approximate surface area is 215 Å². The van der Waals surface area contributed by atoms with Crippen molar-refractivity contribution in [3.63, 3.8) is 0 Å². The fourth-order valence-corrected chi connectivity index (χ4v) is 6.26. The van der Waals surface area contributed by atoms with Crippen LogP contribution in [0.4, 0.5) is 5.69 Å². The summed E-state index contributed by atoms with van der Waals surface area (Å²) in [5, 5.41) is 0.631. The van der Waals surface area contributed by atoms with Crippen LogP contribution in [-0.4, -0.2) is 49.1 Å². The monoisotopic (exact) mass is 495 g/mol. The smallest absolute Gasteiger partial charge is 0.337 e. The number of esters is 1. The second-order valence-corrected chi connectivity index (χ2v) is 10.8. The zero-order valence-corrected chi connectivity index (χ0v) is 22.4. The van der Waals surface area contributed by atoms with Crippen molar-refractivity contribution in [2.45, 2.75) is 69.5 Å². The van der Waals surface area contributed by atoms with Gasteiger partial charge in [-0.15, -0.1) is 0 Å². The van der Waals surface area contributed by atoms with Crippen LogP contribution >= 0.6 is 11.6 Å². The molecule has 1 heterocycles. The number of nitrogens with zero attached hydrogens (tertiary/aromatic N) is 3. The summed E-state index contributed by atoms with van der Waals surface area (Å²) >= 11 is 6.82. The van der Waals surface area contributed by atoms with Crippen LogP contribution < -0.4 is 4.90 Å². The van der Waals surface area contributed by atoms with Crippen molar-refractivity contribution in [2.75, 3.05) is 26.1 Å². The number of anilines is 1. The number of aliphatic imine (C=N–C) groups is 1. The van der Waals surface area contributed by atoms with E-state index >= 15 is 0 Å². The zero-order chi connectivity index (χ0) is 25.2. The van der Waals surface area contributed by atoms with Crippen LogP contribution in [0.1, 0.15) is 63.9 Å². The molecule has 3 atom stereocenters. The lowest BCUT2D eigenvalue weighted by molar-refractivity contribution is -0.153. The molecule has 0 spiro atoms. The van der Waals surface area contributed by atoms with Gasteiger partial charge in [-0.3, -0.25) is 4.90 Å². The van der Waals surface area contributed by atoms with E-state index in [9.17, 15) is 4.79 Å². The van der Waals surface area contributed by atoms with Gasteiger partial charge in [-0.05, 0) is 51.1 Å². The standard InChI is InChI=1S/C29H38ClN3O2/c1-21(23-16-10-7-11-17-23)26-31-29(27(34)35-5,20-22-14-8-6-9-15-22)28(2,32(3)4)33(26)25-19-13-12-18-24(25)30/h7,10-13,16-19,21-22H,6,8-9,14-15,20H2,1-5H3. The third kappa shape index (κ3) is 4.38. The molecule has 5 nitrogen and oxygen atoms in total. The fraction of sp³-hybridized carbons (Fsp3) is 0.517. The molecule has 188 valence electrons. The highest BCUT2D eigenvalue weighted by Gasteiger charge is 2.65. The Hall–Kier alpha value is -2.37. The van der Waals surface area contributed by atoms with Gasteiger partial charge in [0.05, 0.1) is 17.8 Å². The predicted octanol–water partition coefficient (Wildman–Crippen LogP) is 6.52. The maximum absolute atomic E-state index is 13.9. The van der Waals surface area contributed by atoms with Gasteiger partial charge in [0.1, 0.15) is 11.5 Å². The summed E-state index contributed by atoms with van der Waals surface area (Å²) in [4.78, 5) is 23.6. The summed E-state index contributed by atoms with van der Waals surface area (Å²) in [6.07, 6.45) is 6.55. The average Bonchev–Trinajstić information content (AvgIpc) is 3.14. The largest absolute Gasteiger partial charge is 0.467 e. The minimum absolute atomic E-state index is 0.0513. The van der Waals surface area contributed by atoms with Crippen molar-refractivity contribution >= 4 is 29.1 Å². The van der Waals surface area contributed by atoms with Gasteiger partial charge in [0.2, 0.25) is 0 Å². The molecule has 35 heavy (non-hydrogen) atoms. The first-order chi connectivity index (χ1) is 16.8. The van der Waals surface area contributed by atoms with E-state index in [1.165, 1.54) is 26.4 Å². The molecule has 1 fully saturated rings. The Balaban J connectivity index is 1.96. The van der Waals surface area contributed by atoms with E-state index in [4.69, 9.17) is 21.3 Å². The number of hydrogen-bond donors (Lipinski definition) is 0. The van der Waals surface area contributed by atoms with E-state index in [0.717, 1.165) is 29.9 Å². The Morgan fingerprint density at radius 2 is 1.74 bits per heavy atom. The van der Waals surface area contributed by atoms with Gasteiger partial charge < -0.3 is 9.64 Å². The topological polar surface area (TPSA) is 45.1 Å². The molecule has 0 aromatic heterocycles. The van der Waals surface area contributed by atoms with Gasteiger partial charge in [-0.2, -0.15) is 0 Å². The lowest BCUT2D eigenvalue weighted by Gasteiger charge is -2.51. The first kappa shape index (κ1) is 25.7. The van der Waals surface area contributed by atoms with Crippen molar-refractivity contribution < 1.29 is 9.53 Å². The third-order valence-corrected chi connectivity index (χ3v) is 8.56. The molecule has 4 rings (SSSR count). The number of hydrogen-bond acceptors (Lipinski definition) is 5. The Kier molecular flexibility index (Phi) is 7.58. The minimum atomic E-state index is -1.09. The number of likely N-dealkylation sites (N-methyl/N-ethyl adjacent to an activating group) is 1. The predicted molar refractivity (Wildman–Crippen MR) is 144 cm³/mol. The van der Waals surface area contributed by atoms with Gasteiger partial charge >= 0.3 is 5.97 Å². The van der Waals surface area contributed by atoms with E-state index in [2.05, 4.69) is 35.8 Å². The summed E-state index contributed by atoms with van der Waals surface area (Å²) in [6, 6.07) is 18.2. The van der Waals surface area contributed by atoms with Crippen LogP contribution in [0, 0.1) is 5.92 Å². The third-order valence-electron chi connectivity index (χ3n) is 8.24. The highest BCUT2D eigenvalue weighted by atomic mass is 35.5. The van der Waals surface area contributed by atoms with E-state index in [0.29, 0.717) is 17.4 Å². The van der Waals surface area contributed by atoms with Gasteiger partial charge in [-0.1, -0.05) is 93.1 Å². The number of halogens is 1. The maximum atomic E-state index is 13.9. The highest BCUT2D eigenvalue weighted by molar-refractivity contribution is 6.34. The number of rotatable bonds is 7. The maximum Gasteiger partial charge on any atom is 0.337 e. The summed E-state index contributed by atoms with van der Waals surface area (Å²) in [5.41, 5.74) is 0.0789. The normalized spacial score (nSPS) is 26.0. The minimum Gasteiger partial charge on any atom is -0.467 e. The van der Waals surface area contributed by atoms with Crippen molar-refractivity contribution in [1.82, 2.24) is 4.90 Å². The number of carbonyl (C=O) groups excluding carboxylic acids is 1. The molecular weight excluding hydrogens is 458 g/mol. The number of amidine groups is 1. The van der Waals surface area contributed by atoms with E-state index < -0.39 is 11.2 Å². The Bertz CT molecular complexity index is 1070. The van der Waals surface area contributed by atoms with Gasteiger partial charge in [0.25, 0.3) is 0 Å². The molecule has 1 aliphatic heterocycles. The Morgan fingerprint density at radius 3 is 2.34 bits per heavy atom. The molecule has 0 bridgehead atoms. The number of benzene rings is 2. The lowest BCUT2D eigenvalue weighted by Crippen LogP contribution is -2.69. The molecule has 2 aliphatic rings. The second kappa shape index (κ2) is 10.3. The Morgan fingerprint density at radius 1 is 1.11 bits per heavy atom. The average molecular weight is 496 g/mol. The number of para-hydroxylation sites is 1. The summed E-state index contributed by atoms with van der Waals surface area (Å²) < 4.78 is 5.54. The molecule has 0 radical (unpaired) electrons. The molecule has 1 saturated carbocycles. The van der Waals surface area contributed by atoms with E-state index in [1.807, 2.05) is 56.6 Å². The lowest BCUT2D eigenvalue weighted by atomic mass is 9.73. The van der Waals surface area contributed by atoms with Crippen LogP contribution in [0.5, 0.6) is 0 Å². The quantitative estimate of drug-likeness (QED) is 0.410. The number of carbonyl (C=O) groups is 1. The van der Waals surface area contributed by atoms with Crippen molar-refractivity contribution in [3.8, 4) is 0 Å². The van der Waals surface area contributed by atoms with Crippen LogP contribution in [0.25, 0.3) is 0 Å². The van der Waals surface area contributed by atoms with Crippen LogP contribution in [-0.2, 0) is 9.53 Å². The summed E-state index contributed by atoms with van der Waals surface area (Å²) in [6.45, 7) is 4.27. The van der Waals surface area contributed by atoms with Gasteiger partial charge in [0, 0.05) is 5.92 Å².